The first-order valence-corrected chi connectivity index (χ1v) is 17.1. The minimum atomic E-state index is -0.682. The highest BCUT2D eigenvalue weighted by Crippen LogP contribution is 2.33. The highest BCUT2D eigenvalue weighted by Gasteiger charge is 2.25. The standard InChI is InChI=1S/C42H52O7/c1-27(2)11-7-13-29(5)15-9-17-31(26-43)19-20-32-23-34(45)25-37-39(40(47)36-24-33(44)21-22-38(36)46)35(42(48)49-41(32)37)18-10-16-30(6)14-8-12-28(3)4/h11-12,15-16,19,21-25,43-46H,7-10,13-14,17-18,20,26H2,1-6H3/b29-15+,30-16+,31-19-. The van der Waals surface area contributed by atoms with Crippen LogP contribution in [-0.2, 0) is 12.8 Å². The zero-order valence-corrected chi connectivity index (χ0v) is 29.9. The van der Waals surface area contributed by atoms with Crippen LogP contribution in [0.3, 0.4) is 0 Å². The molecule has 1 heterocycles. The molecule has 49 heavy (non-hydrogen) atoms. The molecule has 0 atom stereocenters. The smallest absolute Gasteiger partial charge is 0.340 e. The van der Waals surface area contributed by atoms with E-state index in [9.17, 15) is 30.0 Å². The maximum absolute atomic E-state index is 14.1. The van der Waals surface area contributed by atoms with Crippen molar-refractivity contribution < 1.29 is 29.6 Å². The Morgan fingerprint density at radius 1 is 0.735 bits per heavy atom. The van der Waals surface area contributed by atoms with Crippen molar-refractivity contribution >= 4 is 16.8 Å². The highest BCUT2D eigenvalue weighted by molar-refractivity contribution is 6.18. The zero-order valence-electron chi connectivity index (χ0n) is 29.9. The van der Waals surface area contributed by atoms with Crippen molar-refractivity contribution in [3.05, 3.63) is 121 Å². The minimum Gasteiger partial charge on any atom is -0.508 e. The molecule has 7 nitrogen and oxygen atoms in total. The molecule has 0 spiro atoms. The second-order valence-corrected chi connectivity index (χ2v) is 13.3. The van der Waals surface area contributed by atoms with E-state index in [0.717, 1.165) is 49.3 Å². The fourth-order valence-corrected chi connectivity index (χ4v) is 5.72. The summed E-state index contributed by atoms with van der Waals surface area (Å²) in [6.07, 6.45) is 16.5. The molecule has 4 N–H and O–H groups in total. The van der Waals surface area contributed by atoms with Crippen LogP contribution in [0.5, 0.6) is 17.2 Å². The average molecular weight is 669 g/mol. The third-order valence-electron chi connectivity index (χ3n) is 8.46. The molecule has 7 heteroatoms. The Kier molecular flexibility index (Phi) is 14.9. The quantitative estimate of drug-likeness (QED) is 0.0488. The van der Waals surface area contributed by atoms with Crippen LogP contribution in [0.15, 0.2) is 97.8 Å². The van der Waals surface area contributed by atoms with Gasteiger partial charge in [0, 0.05) is 22.1 Å². The second-order valence-electron chi connectivity index (χ2n) is 13.3. The molecule has 0 unspecified atom stereocenters. The van der Waals surface area contributed by atoms with Crippen molar-refractivity contribution in [3.63, 3.8) is 0 Å². The lowest BCUT2D eigenvalue weighted by molar-refractivity contribution is 0.103. The summed E-state index contributed by atoms with van der Waals surface area (Å²) in [6.45, 7) is 12.3. The normalized spacial score (nSPS) is 12.3. The van der Waals surface area contributed by atoms with Gasteiger partial charge in [-0.05, 0) is 135 Å². The molecule has 3 aromatic rings. The van der Waals surface area contributed by atoms with Gasteiger partial charge >= 0.3 is 5.63 Å². The van der Waals surface area contributed by atoms with E-state index < -0.39 is 11.4 Å². The number of rotatable bonds is 17. The van der Waals surface area contributed by atoms with Crippen LogP contribution in [0.4, 0.5) is 0 Å². The SMILES string of the molecule is CC(C)=CCC/C(C)=C/CC/C(=C/Cc1cc(O)cc2c(C(=O)c3cc(O)ccc3O)c(CC/C=C(\C)CCC=C(C)C)c(=O)oc12)CO. The van der Waals surface area contributed by atoms with Crippen molar-refractivity contribution in [1.82, 2.24) is 0 Å². The van der Waals surface area contributed by atoms with Gasteiger partial charge in [-0.2, -0.15) is 0 Å². The number of carbonyl (C=O) groups excluding carboxylic acids is 1. The second kappa shape index (κ2) is 18.8. The minimum absolute atomic E-state index is 0.0139. The first-order valence-electron chi connectivity index (χ1n) is 17.1. The van der Waals surface area contributed by atoms with Gasteiger partial charge in [-0.1, -0.05) is 52.7 Å². The van der Waals surface area contributed by atoms with E-state index in [1.807, 2.05) is 19.1 Å². The molecule has 0 bridgehead atoms. The van der Waals surface area contributed by atoms with Crippen molar-refractivity contribution in [2.24, 2.45) is 0 Å². The number of fused-ring (bicyclic) bond motifs is 1. The Morgan fingerprint density at radius 2 is 1.35 bits per heavy atom. The summed E-state index contributed by atoms with van der Waals surface area (Å²) < 4.78 is 5.88. The fourth-order valence-electron chi connectivity index (χ4n) is 5.72. The molecule has 1 aromatic heterocycles. The number of ketones is 1. The van der Waals surface area contributed by atoms with Gasteiger partial charge in [-0.25, -0.2) is 4.79 Å². The Hall–Kier alpha value is -4.62. The number of aromatic hydroxyl groups is 3. The van der Waals surface area contributed by atoms with Crippen molar-refractivity contribution in [2.45, 2.75) is 99.3 Å². The summed E-state index contributed by atoms with van der Waals surface area (Å²) in [4.78, 5) is 27.7. The Balaban J connectivity index is 2.03. The predicted molar refractivity (Wildman–Crippen MR) is 199 cm³/mol. The number of aliphatic hydroxyl groups is 1. The topological polar surface area (TPSA) is 128 Å². The van der Waals surface area contributed by atoms with Gasteiger partial charge in [-0.15, -0.1) is 0 Å². The monoisotopic (exact) mass is 668 g/mol. The van der Waals surface area contributed by atoms with Crippen LogP contribution in [0, 0.1) is 0 Å². The molecule has 2 aromatic carbocycles. The number of hydrogen-bond donors (Lipinski definition) is 4. The molecular formula is C42H52O7. The van der Waals surface area contributed by atoms with E-state index in [-0.39, 0.29) is 64.4 Å². The molecule has 0 saturated heterocycles. The largest absolute Gasteiger partial charge is 0.508 e. The van der Waals surface area contributed by atoms with E-state index >= 15 is 0 Å². The highest BCUT2D eigenvalue weighted by atomic mass is 16.4. The molecule has 0 aliphatic carbocycles. The van der Waals surface area contributed by atoms with E-state index in [0.29, 0.717) is 18.4 Å². The fraction of sp³-hybridized carbons (Fsp3) is 0.381. The summed E-state index contributed by atoms with van der Waals surface area (Å²) >= 11 is 0. The third kappa shape index (κ3) is 11.8. The molecule has 3 rings (SSSR count). The van der Waals surface area contributed by atoms with Gasteiger partial charge in [0.15, 0.2) is 5.78 Å². The number of hydrogen-bond acceptors (Lipinski definition) is 7. The van der Waals surface area contributed by atoms with Crippen LogP contribution >= 0.6 is 0 Å². The first-order chi connectivity index (χ1) is 23.3. The number of benzene rings is 2. The molecule has 0 saturated carbocycles. The summed E-state index contributed by atoms with van der Waals surface area (Å²) in [5.74, 6) is -1.35. The molecule has 0 amide bonds. The Bertz CT molecular complexity index is 1840. The van der Waals surface area contributed by atoms with Gasteiger partial charge in [0.2, 0.25) is 0 Å². The van der Waals surface area contributed by atoms with Crippen molar-refractivity contribution in [1.29, 1.82) is 0 Å². The van der Waals surface area contributed by atoms with E-state index in [4.69, 9.17) is 4.42 Å². The van der Waals surface area contributed by atoms with Crippen molar-refractivity contribution in [3.8, 4) is 17.2 Å². The van der Waals surface area contributed by atoms with Crippen LogP contribution < -0.4 is 5.63 Å². The van der Waals surface area contributed by atoms with E-state index in [1.54, 1.807) is 0 Å². The summed E-state index contributed by atoms with van der Waals surface area (Å²) in [5, 5.41) is 41.9. The lowest BCUT2D eigenvalue weighted by Crippen LogP contribution is -2.17. The first kappa shape index (κ1) is 38.8. The maximum atomic E-state index is 14.1. The molecular weight excluding hydrogens is 616 g/mol. The number of phenols is 3. The lowest BCUT2D eigenvalue weighted by atomic mass is 9.91. The Morgan fingerprint density at radius 3 is 1.96 bits per heavy atom. The molecule has 0 aliphatic heterocycles. The number of allylic oxidation sites excluding steroid dienone is 9. The third-order valence-corrected chi connectivity index (χ3v) is 8.46. The van der Waals surface area contributed by atoms with Crippen LogP contribution in [-0.4, -0.2) is 32.8 Å². The average Bonchev–Trinajstić information content (AvgIpc) is 3.03. The summed E-state index contributed by atoms with van der Waals surface area (Å²) in [5.41, 5.74) is 5.70. The molecule has 262 valence electrons. The molecule has 0 aliphatic rings. The summed E-state index contributed by atoms with van der Waals surface area (Å²) in [7, 11) is 0. The van der Waals surface area contributed by atoms with Crippen LogP contribution in [0.25, 0.3) is 11.0 Å². The Labute approximate surface area is 290 Å². The zero-order chi connectivity index (χ0) is 36.1. The molecule has 0 fully saturated rings. The lowest BCUT2D eigenvalue weighted by Gasteiger charge is -2.14. The van der Waals surface area contributed by atoms with Gasteiger partial charge in [-0.3, -0.25) is 4.79 Å². The van der Waals surface area contributed by atoms with E-state index in [2.05, 4.69) is 52.8 Å². The van der Waals surface area contributed by atoms with Gasteiger partial charge < -0.3 is 24.8 Å². The van der Waals surface area contributed by atoms with Crippen LogP contribution in [0.2, 0.25) is 0 Å². The van der Waals surface area contributed by atoms with E-state index in [1.165, 1.54) is 41.0 Å². The summed E-state index contributed by atoms with van der Waals surface area (Å²) in [6, 6.07) is 6.52. The van der Waals surface area contributed by atoms with Crippen molar-refractivity contribution in [2.75, 3.05) is 6.61 Å². The number of carbonyl (C=O) groups is 1. The van der Waals surface area contributed by atoms with Gasteiger partial charge in [0.05, 0.1) is 12.2 Å². The van der Waals surface area contributed by atoms with Gasteiger partial charge in [0.25, 0.3) is 0 Å². The number of phenolic OH excluding ortho intramolecular Hbond substituents is 3. The van der Waals surface area contributed by atoms with Gasteiger partial charge in [0.1, 0.15) is 22.8 Å². The predicted octanol–water partition coefficient (Wildman–Crippen LogP) is 9.70. The van der Waals surface area contributed by atoms with Crippen LogP contribution in [0.1, 0.15) is 114 Å². The molecule has 0 radical (unpaired) electrons. The number of aliphatic hydroxyl groups excluding tert-OH is 1. The maximum Gasteiger partial charge on any atom is 0.340 e.